The predicted molar refractivity (Wildman–Crippen MR) is 202 cm³/mol. The zero-order chi connectivity index (χ0) is 43.8. The summed E-state index contributed by atoms with van der Waals surface area (Å²) in [4.78, 5) is 23.3. The van der Waals surface area contributed by atoms with Crippen LogP contribution in [0.1, 0.15) is 17.3 Å². The summed E-state index contributed by atoms with van der Waals surface area (Å²) in [5.74, 6) is -5.80. The molecule has 0 saturated carbocycles. The first-order chi connectivity index (χ1) is 27.4. The summed E-state index contributed by atoms with van der Waals surface area (Å²) in [5.41, 5.74) is -2.36. The van der Waals surface area contributed by atoms with E-state index in [4.69, 9.17) is 9.11 Å². The fraction of sp³-hybridized carbons (Fsp3) is 0.161. The molecule has 1 amide bonds. The van der Waals surface area contributed by atoms with Crippen LogP contribution in [0.2, 0.25) is 0 Å². The highest BCUT2D eigenvalue weighted by molar-refractivity contribution is 7.91. The smallest absolute Gasteiger partial charge is 0.397 e. The molecule has 0 aliphatic rings. The van der Waals surface area contributed by atoms with Gasteiger partial charge in [-0.2, -0.15) is 32.2 Å². The molecular weight excluding hydrogens is 871 g/mol. The van der Waals surface area contributed by atoms with Crippen LogP contribution in [-0.4, -0.2) is 94.7 Å². The number of amides is 1. The maximum Gasteiger partial charge on any atom is 0.397 e. The molecule has 24 nitrogen and oxygen atoms in total. The van der Waals surface area contributed by atoms with Crippen LogP contribution in [0.3, 0.4) is 0 Å². The van der Waals surface area contributed by atoms with Gasteiger partial charge in [0.25, 0.3) is 0 Å². The van der Waals surface area contributed by atoms with Gasteiger partial charge in [0.05, 0.1) is 62.8 Å². The van der Waals surface area contributed by atoms with E-state index in [1.54, 1.807) is 0 Å². The Hall–Kier alpha value is -6.14. The van der Waals surface area contributed by atoms with Crippen molar-refractivity contribution in [3.63, 3.8) is 0 Å². The van der Waals surface area contributed by atoms with Crippen LogP contribution in [0, 0.1) is 0 Å². The zero-order valence-electron chi connectivity index (χ0n) is 29.7. The Morgan fingerprint density at radius 3 is 1.58 bits per heavy atom. The lowest BCUT2D eigenvalue weighted by Gasteiger charge is -2.09. The van der Waals surface area contributed by atoms with Crippen molar-refractivity contribution in [1.29, 1.82) is 0 Å². The van der Waals surface area contributed by atoms with Crippen LogP contribution in [0.15, 0.2) is 113 Å². The number of carbonyl (C=O) groups excluding carboxylic acids is 1. The van der Waals surface area contributed by atoms with Gasteiger partial charge in [-0.05, 0) is 60.7 Å². The molecule has 314 valence electrons. The van der Waals surface area contributed by atoms with Gasteiger partial charge in [-0.15, -0.1) is 15.3 Å². The minimum atomic E-state index is -4.90. The molecule has 6 N–H and O–H groups in total. The highest BCUT2D eigenvalue weighted by Gasteiger charge is 2.23. The van der Waals surface area contributed by atoms with Crippen molar-refractivity contribution >= 4 is 92.2 Å². The monoisotopic (exact) mass is 899 g/mol. The molecule has 0 fully saturated rings. The third-order valence-corrected chi connectivity index (χ3v) is 11.4. The van der Waals surface area contributed by atoms with Gasteiger partial charge in [0, 0.05) is 6.92 Å². The molecule has 4 aromatic carbocycles. The summed E-state index contributed by atoms with van der Waals surface area (Å²) in [6.45, 7) is -0.593. The van der Waals surface area contributed by atoms with Gasteiger partial charge in [-0.1, -0.05) is 12.1 Å². The Morgan fingerprint density at radius 2 is 1.10 bits per heavy atom. The number of benzene rings is 4. The molecule has 0 aliphatic heterocycles. The molecule has 0 aromatic heterocycles. The standard InChI is InChI=1S/C31H29N7O17S4/c1-18(39)32-26-16-21(8-9-25(26)36-33-19-4-2-6-22(14-19)56(44,45)12-10-54-58(48,49)50)35-38-29-27(40)17-24(31(42)43)28(30(29)41)37-34-20-5-3-7-23(15-20)57(46,47)13-11-55-59(51,52)53/h2-9,14-17,40-41H,10-13H2,1H3,(H,32,39)(H,42,43)(H,48,49,50)(H,51,52,53). The van der Waals surface area contributed by atoms with Crippen LogP contribution in [0.4, 0.5) is 39.8 Å². The second-order valence-corrected chi connectivity index (χ2v) is 17.8. The van der Waals surface area contributed by atoms with Gasteiger partial charge in [0.1, 0.15) is 17.1 Å². The predicted octanol–water partition coefficient (Wildman–Crippen LogP) is 5.19. The number of carboxylic acid groups (broad SMARTS) is 1. The Morgan fingerprint density at radius 1 is 0.627 bits per heavy atom. The molecule has 0 spiro atoms. The Balaban J connectivity index is 1.62. The third-order valence-electron chi connectivity index (χ3n) is 7.07. The summed E-state index contributed by atoms with van der Waals surface area (Å²) in [6, 6.07) is 14.2. The van der Waals surface area contributed by atoms with E-state index in [0.717, 1.165) is 18.2 Å². The van der Waals surface area contributed by atoms with Gasteiger partial charge < -0.3 is 20.6 Å². The minimum Gasteiger partial charge on any atom is -0.505 e. The number of hydrogen-bond acceptors (Lipinski definition) is 20. The SMILES string of the molecule is CC(=O)Nc1cc(N=Nc2c(O)cc(C(=O)O)c(N=Nc3cccc(S(=O)(=O)CCOS(=O)(=O)O)c3)c2O)ccc1N=Nc1cccc(S(=O)(=O)CCOS(=O)(=O)O)c1. The average Bonchev–Trinajstić information content (AvgIpc) is 3.12. The van der Waals surface area contributed by atoms with Crippen molar-refractivity contribution < 1.29 is 76.1 Å². The van der Waals surface area contributed by atoms with Crippen LogP contribution < -0.4 is 5.32 Å². The highest BCUT2D eigenvalue weighted by Crippen LogP contribution is 2.47. The molecule has 4 rings (SSSR count). The summed E-state index contributed by atoms with van der Waals surface area (Å²) < 4.78 is 119. The van der Waals surface area contributed by atoms with E-state index >= 15 is 0 Å². The number of carbonyl (C=O) groups is 2. The lowest BCUT2D eigenvalue weighted by atomic mass is 10.1. The van der Waals surface area contributed by atoms with Crippen molar-refractivity contribution in [2.75, 3.05) is 30.0 Å². The number of phenolic OH excluding ortho intramolecular Hbond substituents is 2. The van der Waals surface area contributed by atoms with E-state index in [1.807, 2.05) is 0 Å². The van der Waals surface area contributed by atoms with E-state index in [-0.39, 0.29) is 38.2 Å². The van der Waals surface area contributed by atoms with Gasteiger partial charge in [0.2, 0.25) is 5.91 Å². The number of phenols is 2. The number of sulfone groups is 2. The lowest BCUT2D eigenvalue weighted by molar-refractivity contribution is -0.114. The number of azo groups is 3. The van der Waals surface area contributed by atoms with Crippen LogP contribution in [-0.2, 0) is 53.6 Å². The fourth-order valence-electron chi connectivity index (χ4n) is 4.50. The van der Waals surface area contributed by atoms with E-state index < -0.39 is 106 Å². The molecule has 0 aliphatic carbocycles. The van der Waals surface area contributed by atoms with Crippen LogP contribution in [0.25, 0.3) is 0 Å². The second kappa shape index (κ2) is 18.6. The normalized spacial score (nSPS) is 12.7. The quantitative estimate of drug-likeness (QED) is 0.0553. The first-order valence-corrected chi connectivity index (χ1v) is 21.9. The van der Waals surface area contributed by atoms with Gasteiger partial charge in [-0.25, -0.2) is 30.0 Å². The number of anilines is 1. The van der Waals surface area contributed by atoms with Crippen LogP contribution in [0.5, 0.6) is 11.5 Å². The average molecular weight is 900 g/mol. The van der Waals surface area contributed by atoms with Gasteiger partial charge in [-0.3, -0.25) is 13.9 Å². The van der Waals surface area contributed by atoms with Gasteiger partial charge >= 0.3 is 26.8 Å². The number of nitrogens with one attached hydrogen (secondary N) is 1. The van der Waals surface area contributed by atoms with Crippen LogP contribution >= 0.6 is 0 Å². The molecule has 0 radical (unpaired) electrons. The maximum absolute atomic E-state index is 12.6. The Bertz CT molecular complexity index is 2830. The fourth-order valence-corrected chi connectivity index (χ4v) is 7.55. The maximum atomic E-state index is 12.6. The van der Waals surface area contributed by atoms with E-state index in [9.17, 15) is 58.6 Å². The number of carboxylic acids is 1. The molecule has 0 bridgehead atoms. The summed E-state index contributed by atoms with van der Waals surface area (Å²) in [6.07, 6.45) is 0. The summed E-state index contributed by atoms with van der Waals surface area (Å²) >= 11 is 0. The minimum absolute atomic E-state index is 0.00296. The Kier molecular flexibility index (Phi) is 14.4. The summed E-state index contributed by atoms with van der Waals surface area (Å²) in [5, 5.41) is 57.0. The zero-order valence-corrected chi connectivity index (χ0v) is 33.0. The first kappa shape index (κ1) is 45.6. The molecule has 0 atom stereocenters. The lowest BCUT2D eigenvalue weighted by Crippen LogP contribution is -2.15. The highest BCUT2D eigenvalue weighted by atomic mass is 32.3. The number of nitrogens with zero attached hydrogens (tertiary/aromatic N) is 6. The molecule has 4 aromatic rings. The number of aromatic hydroxyl groups is 2. The van der Waals surface area contributed by atoms with Crippen molar-refractivity contribution in [1.82, 2.24) is 0 Å². The molecule has 59 heavy (non-hydrogen) atoms. The van der Waals surface area contributed by atoms with E-state index in [1.165, 1.54) is 55.5 Å². The molecule has 0 unspecified atom stereocenters. The second-order valence-electron chi connectivity index (χ2n) is 11.4. The van der Waals surface area contributed by atoms with Crippen molar-refractivity contribution in [3.05, 3.63) is 78.4 Å². The molecule has 0 heterocycles. The van der Waals surface area contributed by atoms with Crippen molar-refractivity contribution in [2.45, 2.75) is 16.7 Å². The van der Waals surface area contributed by atoms with Crippen molar-refractivity contribution in [2.24, 2.45) is 30.7 Å². The largest absolute Gasteiger partial charge is 0.505 e. The first-order valence-electron chi connectivity index (χ1n) is 15.8. The van der Waals surface area contributed by atoms with Gasteiger partial charge in [0.15, 0.2) is 31.1 Å². The Labute approximate surface area is 334 Å². The summed E-state index contributed by atoms with van der Waals surface area (Å²) in [7, 11) is -18.0. The topological polar surface area (TPSA) is 376 Å². The number of rotatable bonds is 18. The number of hydrogen-bond donors (Lipinski definition) is 6. The number of aromatic carboxylic acids is 1. The molecule has 28 heteroatoms. The van der Waals surface area contributed by atoms with E-state index in [2.05, 4.69) is 44.4 Å². The van der Waals surface area contributed by atoms with E-state index in [0.29, 0.717) is 6.07 Å². The third kappa shape index (κ3) is 13.5. The molecular formula is C31H29N7O17S4. The van der Waals surface area contributed by atoms with Crippen molar-refractivity contribution in [3.8, 4) is 11.5 Å². The molecule has 0 saturated heterocycles.